The smallest absolute Gasteiger partial charge is 0.242 e. The number of ether oxygens (including phenoxy) is 1. The molecule has 33 heavy (non-hydrogen) atoms. The van der Waals surface area contributed by atoms with Crippen LogP contribution in [0.15, 0.2) is 47.4 Å². The SMILES string of the molecule is CCOc1ccccc1NC(=O)C(NS(=O)(=O)c1ccc2c(c1)CC(C)N2C(C)=O)C(C)C. The van der Waals surface area contributed by atoms with Gasteiger partial charge < -0.3 is 15.0 Å². The minimum Gasteiger partial charge on any atom is -0.492 e. The summed E-state index contributed by atoms with van der Waals surface area (Å²) in [6.07, 6.45) is 0.570. The molecule has 9 heteroatoms. The zero-order valence-corrected chi connectivity index (χ0v) is 20.4. The summed E-state index contributed by atoms with van der Waals surface area (Å²) in [7, 11) is -3.98. The molecule has 2 aromatic rings. The maximum Gasteiger partial charge on any atom is 0.242 e. The van der Waals surface area contributed by atoms with Crippen molar-refractivity contribution in [2.45, 2.75) is 58.0 Å². The number of nitrogens with one attached hydrogen (secondary N) is 2. The number of para-hydroxylation sites is 2. The molecule has 0 spiro atoms. The first kappa shape index (κ1) is 24.7. The summed E-state index contributed by atoms with van der Waals surface area (Å²) in [6.45, 7) is 9.24. The number of hydrogen-bond acceptors (Lipinski definition) is 5. The number of hydrogen-bond donors (Lipinski definition) is 2. The van der Waals surface area contributed by atoms with E-state index >= 15 is 0 Å². The van der Waals surface area contributed by atoms with E-state index in [0.29, 0.717) is 24.5 Å². The highest BCUT2D eigenvalue weighted by atomic mass is 32.2. The van der Waals surface area contributed by atoms with Crippen molar-refractivity contribution < 1.29 is 22.7 Å². The molecule has 0 bridgehead atoms. The predicted molar refractivity (Wildman–Crippen MR) is 128 cm³/mol. The number of nitrogens with zero attached hydrogens (tertiary/aromatic N) is 1. The van der Waals surface area contributed by atoms with Gasteiger partial charge in [-0.3, -0.25) is 9.59 Å². The fraction of sp³-hybridized carbons (Fsp3) is 0.417. The highest BCUT2D eigenvalue weighted by Crippen LogP contribution is 2.34. The molecule has 2 atom stereocenters. The summed E-state index contributed by atoms with van der Waals surface area (Å²) in [5.74, 6) is -0.347. The van der Waals surface area contributed by atoms with Gasteiger partial charge in [-0.25, -0.2) is 8.42 Å². The van der Waals surface area contributed by atoms with E-state index in [4.69, 9.17) is 4.74 Å². The van der Waals surface area contributed by atoms with Crippen LogP contribution in [0.2, 0.25) is 0 Å². The molecule has 178 valence electrons. The Hall–Kier alpha value is -2.91. The van der Waals surface area contributed by atoms with Gasteiger partial charge in [-0.1, -0.05) is 26.0 Å². The van der Waals surface area contributed by atoms with Gasteiger partial charge in [0.2, 0.25) is 21.8 Å². The highest BCUT2D eigenvalue weighted by Gasteiger charge is 2.32. The quantitative estimate of drug-likeness (QED) is 0.612. The standard InChI is InChI=1S/C24H31N3O5S/c1-6-32-22-10-8-7-9-20(22)25-24(29)23(15(2)3)26-33(30,31)19-11-12-21-18(14-19)13-16(4)27(21)17(5)28/h7-12,14-16,23,26H,6,13H2,1-5H3,(H,25,29). The van der Waals surface area contributed by atoms with Crippen LogP contribution in [0.25, 0.3) is 0 Å². The molecule has 2 N–H and O–H groups in total. The van der Waals surface area contributed by atoms with Gasteiger partial charge in [-0.05, 0) is 62.1 Å². The molecule has 2 aromatic carbocycles. The van der Waals surface area contributed by atoms with Gasteiger partial charge in [0.15, 0.2) is 0 Å². The Kier molecular flexibility index (Phi) is 7.44. The van der Waals surface area contributed by atoms with Gasteiger partial charge in [0.25, 0.3) is 0 Å². The van der Waals surface area contributed by atoms with Crippen LogP contribution in [0, 0.1) is 5.92 Å². The molecule has 1 aliphatic rings. The Labute approximate surface area is 195 Å². The predicted octanol–water partition coefficient (Wildman–Crippen LogP) is 3.32. The summed E-state index contributed by atoms with van der Waals surface area (Å²) in [6, 6.07) is 10.7. The monoisotopic (exact) mass is 473 g/mol. The van der Waals surface area contributed by atoms with Crippen molar-refractivity contribution in [3.05, 3.63) is 48.0 Å². The van der Waals surface area contributed by atoms with Crippen molar-refractivity contribution in [3.8, 4) is 5.75 Å². The highest BCUT2D eigenvalue weighted by molar-refractivity contribution is 7.89. The average Bonchev–Trinajstić information content (AvgIpc) is 3.08. The van der Waals surface area contributed by atoms with E-state index in [1.54, 1.807) is 55.1 Å². The first-order chi connectivity index (χ1) is 15.5. The van der Waals surface area contributed by atoms with E-state index in [-0.39, 0.29) is 22.8 Å². The van der Waals surface area contributed by atoms with Crippen molar-refractivity contribution in [3.63, 3.8) is 0 Å². The second-order valence-electron chi connectivity index (χ2n) is 8.49. The van der Waals surface area contributed by atoms with Crippen molar-refractivity contribution in [2.24, 2.45) is 5.92 Å². The van der Waals surface area contributed by atoms with Gasteiger partial charge in [-0.2, -0.15) is 4.72 Å². The number of sulfonamides is 1. The van der Waals surface area contributed by atoms with E-state index in [1.807, 2.05) is 13.8 Å². The third kappa shape index (κ3) is 5.36. The lowest BCUT2D eigenvalue weighted by molar-refractivity contribution is -0.118. The van der Waals surface area contributed by atoms with E-state index in [0.717, 1.165) is 11.3 Å². The fourth-order valence-corrected chi connectivity index (χ4v) is 5.44. The molecule has 0 aliphatic carbocycles. The van der Waals surface area contributed by atoms with E-state index < -0.39 is 22.0 Å². The third-order valence-corrected chi connectivity index (χ3v) is 7.03. The summed E-state index contributed by atoms with van der Waals surface area (Å²) in [5.41, 5.74) is 1.99. The number of carbonyl (C=O) groups is 2. The molecule has 0 saturated carbocycles. The van der Waals surface area contributed by atoms with E-state index in [9.17, 15) is 18.0 Å². The van der Waals surface area contributed by atoms with Crippen molar-refractivity contribution in [1.29, 1.82) is 0 Å². The van der Waals surface area contributed by atoms with Crippen LogP contribution in [-0.4, -0.2) is 38.9 Å². The average molecular weight is 474 g/mol. The molecule has 0 fully saturated rings. The first-order valence-electron chi connectivity index (χ1n) is 11.0. The number of carbonyl (C=O) groups excluding carboxylic acids is 2. The number of benzene rings is 2. The van der Waals surface area contributed by atoms with E-state index in [2.05, 4.69) is 10.0 Å². The minimum absolute atomic E-state index is 0.0389. The summed E-state index contributed by atoms with van der Waals surface area (Å²) in [5, 5.41) is 2.78. The summed E-state index contributed by atoms with van der Waals surface area (Å²) >= 11 is 0. The molecule has 3 rings (SSSR count). The maximum absolute atomic E-state index is 13.2. The summed E-state index contributed by atoms with van der Waals surface area (Å²) < 4.78 is 34.4. The van der Waals surface area contributed by atoms with Gasteiger partial charge in [-0.15, -0.1) is 0 Å². The van der Waals surface area contributed by atoms with Crippen LogP contribution in [-0.2, 0) is 26.0 Å². The van der Waals surface area contributed by atoms with Crippen molar-refractivity contribution >= 4 is 33.2 Å². The molecule has 1 aliphatic heterocycles. The number of amides is 2. The maximum atomic E-state index is 13.2. The Balaban J connectivity index is 1.83. The van der Waals surface area contributed by atoms with Gasteiger partial charge >= 0.3 is 0 Å². The lowest BCUT2D eigenvalue weighted by Gasteiger charge is -2.23. The molecule has 1 heterocycles. The lowest BCUT2D eigenvalue weighted by atomic mass is 10.0. The number of rotatable bonds is 8. The zero-order chi connectivity index (χ0) is 24.3. The largest absolute Gasteiger partial charge is 0.492 e. The van der Waals surface area contributed by atoms with E-state index in [1.165, 1.54) is 13.0 Å². The van der Waals surface area contributed by atoms with Crippen molar-refractivity contribution in [2.75, 3.05) is 16.8 Å². The van der Waals surface area contributed by atoms with Crippen LogP contribution >= 0.6 is 0 Å². The second kappa shape index (κ2) is 9.93. The molecule has 2 unspecified atom stereocenters. The molecule has 2 amide bonds. The Bertz CT molecular complexity index is 1150. The van der Waals surface area contributed by atoms with Crippen LogP contribution in [0.1, 0.15) is 40.2 Å². The Morgan fingerprint density at radius 3 is 2.52 bits per heavy atom. The minimum atomic E-state index is -3.98. The van der Waals surface area contributed by atoms with Crippen molar-refractivity contribution in [1.82, 2.24) is 4.72 Å². The number of fused-ring (bicyclic) bond motifs is 1. The number of anilines is 2. The molecule has 0 saturated heterocycles. The Morgan fingerprint density at radius 2 is 1.88 bits per heavy atom. The molecule has 0 aromatic heterocycles. The van der Waals surface area contributed by atoms with Gasteiger partial charge in [0, 0.05) is 18.7 Å². The third-order valence-electron chi connectivity index (χ3n) is 5.59. The molecule has 0 radical (unpaired) electrons. The first-order valence-corrected chi connectivity index (χ1v) is 12.5. The molecular weight excluding hydrogens is 442 g/mol. The summed E-state index contributed by atoms with van der Waals surface area (Å²) in [4.78, 5) is 26.7. The second-order valence-corrected chi connectivity index (χ2v) is 10.2. The molecular formula is C24H31N3O5S. The van der Waals surface area contributed by atoms with Crippen LogP contribution in [0.4, 0.5) is 11.4 Å². The van der Waals surface area contributed by atoms with Crippen LogP contribution in [0.3, 0.4) is 0 Å². The zero-order valence-electron chi connectivity index (χ0n) is 19.6. The lowest BCUT2D eigenvalue weighted by Crippen LogP contribution is -2.47. The van der Waals surface area contributed by atoms with Crippen LogP contribution < -0.4 is 19.7 Å². The fourth-order valence-electron chi connectivity index (χ4n) is 4.04. The van der Waals surface area contributed by atoms with Gasteiger partial charge in [0.1, 0.15) is 11.8 Å². The molecule has 8 nitrogen and oxygen atoms in total. The van der Waals surface area contributed by atoms with Gasteiger partial charge in [0.05, 0.1) is 17.2 Å². The topological polar surface area (TPSA) is 105 Å². The normalized spacial score (nSPS) is 16.4. The van der Waals surface area contributed by atoms with Crippen LogP contribution in [0.5, 0.6) is 5.75 Å². The Morgan fingerprint density at radius 1 is 1.18 bits per heavy atom.